The number of pyridine rings is 1. The third-order valence-electron chi connectivity index (χ3n) is 3.52. The molecule has 0 bridgehead atoms. The number of aryl methyl sites for hydroxylation is 1. The molecule has 1 aromatic carbocycles. The van der Waals surface area contributed by atoms with Gasteiger partial charge < -0.3 is 9.88 Å². The van der Waals surface area contributed by atoms with Gasteiger partial charge in [0.2, 0.25) is 5.91 Å². The van der Waals surface area contributed by atoms with E-state index in [2.05, 4.69) is 20.5 Å². The van der Waals surface area contributed by atoms with Gasteiger partial charge >= 0.3 is 0 Å². The highest BCUT2D eigenvalue weighted by Gasteiger charge is 2.12. The van der Waals surface area contributed by atoms with Crippen molar-refractivity contribution in [3.8, 4) is 11.4 Å². The molecule has 6 nitrogen and oxygen atoms in total. The average Bonchev–Trinajstić information content (AvgIpc) is 2.95. The maximum absolute atomic E-state index is 12.0. The number of carbonyl (C=O) groups excluding carboxylic acids is 1. The molecule has 1 amide bonds. The molecular weight excluding hydrogens is 290 g/mol. The van der Waals surface area contributed by atoms with Crippen LogP contribution in [0.25, 0.3) is 11.4 Å². The molecule has 116 valence electrons. The zero-order chi connectivity index (χ0) is 16.1. The van der Waals surface area contributed by atoms with Crippen LogP contribution in [-0.2, 0) is 18.3 Å². The topological polar surface area (TPSA) is 72.7 Å². The molecule has 2 heterocycles. The number of hydrogen-bond donors (Lipinski definition) is 1. The van der Waals surface area contributed by atoms with Crippen molar-refractivity contribution >= 4 is 11.6 Å². The Balaban J connectivity index is 1.63. The molecule has 2 aromatic heterocycles. The molecule has 0 unspecified atom stereocenters. The van der Waals surface area contributed by atoms with Crippen LogP contribution in [0.5, 0.6) is 0 Å². The van der Waals surface area contributed by atoms with E-state index in [1.54, 1.807) is 12.4 Å². The minimum atomic E-state index is -0.0397. The van der Waals surface area contributed by atoms with Crippen molar-refractivity contribution in [2.45, 2.75) is 12.8 Å². The Kier molecular flexibility index (Phi) is 4.42. The Morgan fingerprint density at radius 1 is 1.13 bits per heavy atom. The highest BCUT2D eigenvalue weighted by atomic mass is 16.1. The third kappa shape index (κ3) is 3.60. The van der Waals surface area contributed by atoms with Gasteiger partial charge in [-0.2, -0.15) is 0 Å². The fourth-order valence-corrected chi connectivity index (χ4v) is 2.30. The van der Waals surface area contributed by atoms with Crippen LogP contribution in [0.2, 0.25) is 0 Å². The van der Waals surface area contributed by atoms with E-state index in [1.807, 2.05) is 54.1 Å². The molecule has 0 spiro atoms. The van der Waals surface area contributed by atoms with E-state index in [4.69, 9.17) is 0 Å². The van der Waals surface area contributed by atoms with Crippen LogP contribution in [-0.4, -0.2) is 25.7 Å². The zero-order valence-corrected chi connectivity index (χ0v) is 12.8. The monoisotopic (exact) mass is 307 g/mol. The Bertz CT molecular complexity index is 783. The molecule has 0 aliphatic heterocycles. The molecule has 0 saturated carbocycles. The number of nitrogens with zero attached hydrogens (tertiary/aromatic N) is 4. The molecule has 3 aromatic rings. The molecule has 0 aliphatic carbocycles. The zero-order valence-electron chi connectivity index (χ0n) is 12.8. The van der Waals surface area contributed by atoms with E-state index < -0.39 is 0 Å². The largest absolute Gasteiger partial charge is 0.326 e. The fraction of sp³-hybridized carbons (Fsp3) is 0.176. The van der Waals surface area contributed by atoms with Crippen molar-refractivity contribution in [2.24, 2.45) is 7.05 Å². The van der Waals surface area contributed by atoms with Gasteiger partial charge in [0.05, 0.1) is 0 Å². The fourth-order valence-electron chi connectivity index (χ4n) is 2.30. The van der Waals surface area contributed by atoms with Crippen molar-refractivity contribution in [3.05, 3.63) is 60.7 Å². The maximum atomic E-state index is 12.0. The lowest BCUT2D eigenvalue weighted by molar-refractivity contribution is -0.116. The number of hydrogen-bond acceptors (Lipinski definition) is 4. The summed E-state index contributed by atoms with van der Waals surface area (Å²) < 4.78 is 1.90. The highest BCUT2D eigenvalue weighted by molar-refractivity contribution is 5.90. The number of carbonyl (C=O) groups is 1. The first-order valence-electron chi connectivity index (χ1n) is 7.37. The number of aromatic nitrogens is 4. The second kappa shape index (κ2) is 6.83. The summed E-state index contributed by atoms with van der Waals surface area (Å²) >= 11 is 0. The van der Waals surface area contributed by atoms with Crippen LogP contribution in [0.1, 0.15) is 12.2 Å². The lowest BCUT2D eigenvalue weighted by Crippen LogP contribution is -2.13. The Labute approximate surface area is 134 Å². The van der Waals surface area contributed by atoms with Crippen molar-refractivity contribution in [2.75, 3.05) is 5.32 Å². The summed E-state index contributed by atoms with van der Waals surface area (Å²) in [6.45, 7) is 0. The van der Waals surface area contributed by atoms with Crippen LogP contribution in [0.15, 0.2) is 54.9 Å². The summed E-state index contributed by atoms with van der Waals surface area (Å²) in [5.41, 5.74) is 1.70. The first-order valence-corrected chi connectivity index (χ1v) is 7.37. The summed E-state index contributed by atoms with van der Waals surface area (Å²) in [6.07, 6.45) is 4.35. The van der Waals surface area contributed by atoms with E-state index in [0.29, 0.717) is 12.8 Å². The van der Waals surface area contributed by atoms with Gasteiger partial charge in [-0.1, -0.05) is 18.2 Å². The van der Waals surface area contributed by atoms with Crippen LogP contribution in [0.4, 0.5) is 5.69 Å². The lowest BCUT2D eigenvalue weighted by Gasteiger charge is -2.05. The quantitative estimate of drug-likeness (QED) is 0.786. The predicted octanol–water partition coefficient (Wildman–Crippen LogP) is 2.45. The Morgan fingerprint density at radius 2 is 1.96 bits per heavy atom. The number of para-hydroxylation sites is 1. The number of amides is 1. The smallest absolute Gasteiger partial charge is 0.224 e. The van der Waals surface area contributed by atoms with Gasteiger partial charge in [-0.25, -0.2) is 0 Å². The molecule has 23 heavy (non-hydrogen) atoms. The predicted molar refractivity (Wildman–Crippen MR) is 87.6 cm³/mol. The van der Waals surface area contributed by atoms with Gasteiger partial charge in [-0.3, -0.25) is 9.78 Å². The van der Waals surface area contributed by atoms with E-state index in [-0.39, 0.29) is 5.91 Å². The standard InChI is InChI=1S/C17H17N5O/c1-22-15(20-21-17(22)13-6-5-11-18-12-13)9-10-16(23)19-14-7-3-2-4-8-14/h2-8,11-12H,9-10H2,1H3,(H,19,23). The van der Waals surface area contributed by atoms with Gasteiger partial charge in [0.25, 0.3) is 0 Å². The molecule has 0 atom stereocenters. The van der Waals surface area contributed by atoms with Gasteiger partial charge in [-0.15, -0.1) is 10.2 Å². The second-order valence-corrected chi connectivity index (χ2v) is 5.15. The van der Waals surface area contributed by atoms with Crippen molar-refractivity contribution in [1.82, 2.24) is 19.7 Å². The number of rotatable bonds is 5. The molecule has 0 saturated heterocycles. The minimum Gasteiger partial charge on any atom is -0.326 e. The van der Waals surface area contributed by atoms with E-state index in [1.165, 1.54) is 0 Å². The lowest BCUT2D eigenvalue weighted by atomic mass is 10.2. The molecular formula is C17H17N5O. The van der Waals surface area contributed by atoms with Gasteiger partial charge in [0, 0.05) is 43.5 Å². The molecule has 0 aliphatic rings. The Hall–Kier alpha value is -3.02. The number of anilines is 1. The van der Waals surface area contributed by atoms with Crippen molar-refractivity contribution in [3.63, 3.8) is 0 Å². The maximum Gasteiger partial charge on any atom is 0.224 e. The SMILES string of the molecule is Cn1c(CCC(=O)Nc2ccccc2)nnc1-c1cccnc1. The summed E-state index contributed by atoms with van der Waals surface area (Å²) in [5.74, 6) is 1.48. The summed E-state index contributed by atoms with van der Waals surface area (Å²) in [7, 11) is 1.90. The van der Waals surface area contributed by atoms with E-state index in [9.17, 15) is 4.79 Å². The van der Waals surface area contributed by atoms with Gasteiger partial charge in [-0.05, 0) is 24.3 Å². The normalized spacial score (nSPS) is 10.5. The third-order valence-corrected chi connectivity index (χ3v) is 3.52. The van der Waals surface area contributed by atoms with Gasteiger partial charge in [0.15, 0.2) is 5.82 Å². The molecule has 3 rings (SSSR count). The first kappa shape index (κ1) is 14.9. The summed E-state index contributed by atoms with van der Waals surface area (Å²) in [6, 6.07) is 13.2. The first-order chi connectivity index (χ1) is 11.2. The molecule has 0 radical (unpaired) electrons. The van der Waals surface area contributed by atoms with Crippen LogP contribution in [0, 0.1) is 0 Å². The van der Waals surface area contributed by atoms with Crippen LogP contribution in [0.3, 0.4) is 0 Å². The summed E-state index contributed by atoms with van der Waals surface area (Å²) in [5, 5.41) is 11.2. The van der Waals surface area contributed by atoms with Gasteiger partial charge in [0.1, 0.15) is 5.82 Å². The number of benzene rings is 1. The molecule has 1 N–H and O–H groups in total. The average molecular weight is 307 g/mol. The van der Waals surface area contributed by atoms with E-state index >= 15 is 0 Å². The molecule has 6 heteroatoms. The molecule has 0 fully saturated rings. The highest BCUT2D eigenvalue weighted by Crippen LogP contribution is 2.16. The second-order valence-electron chi connectivity index (χ2n) is 5.15. The van der Waals surface area contributed by atoms with Crippen molar-refractivity contribution < 1.29 is 4.79 Å². The minimum absolute atomic E-state index is 0.0397. The van der Waals surface area contributed by atoms with E-state index in [0.717, 1.165) is 22.9 Å². The van der Waals surface area contributed by atoms with Crippen molar-refractivity contribution in [1.29, 1.82) is 0 Å². The van der Waals surface area contributed by atoms with Crippen LogP contribution < -0.4 is 5.32 Å². The van der Waals surface area contributed by atoms with Crippen LogP contribution >= 0.6 is 0 Å². The summed E-state index contributed by atoms with van der Waals surface area (Å²) in [4.78, 5) is 16.1. The number of nitrogens with one attached hydrogen (secondary N) is 1. The Morgan fingerprint density at radius 3 is 2.70 bits per heavy atom.